The van der Waals surface area contributed by atoms with E-state index in [-0.39, 0.29) is 22.7 Å². The van der Waals surface area contributed by atoms with E-state index in [0.717, 1.165) is 0 Å². The molecule has 1 fully saturated rings. The fourth-order valence-corrected chi connectivity index (χ4v) is 3.41. The van der Waals surface area contributed by atoms with E-state index in [1.165, 1.54) is 30.0 Å². The quantitative estimate of drug-likeness (QED) is 0.426. The van der Waals surface area contributed by atoms with Gasteiger partial charge in [0.15, 0.2) is 0 Å². The molecule has 0 saturated carbocycles. The molecule has 1 unspecified atom stereocenters. The number of hydrogen-bond donors (Lipinski definition) is 3. The summed E-state index contributed by atoms with van der Waals surface area (Å²) < 4.78 is 0. The molecular formula is C12H13N3O5S. The molecule has 21 heavy (non-hydrogen) atoms. The fourth-order valence-electron chi connectivity index (χ4n) is 2.08. The van der Waals surface area contributed by atoms with Crippen molar-refractivity contribution in [1.29, 1.82) is 0 Å². The molecular weight excluding hydrogens is 298 g/mol. The van der Waals surface area contributed by atoms with Crippen LogP contribution in [0.5, 0.6) is 0 Å². The Labute approximate surface area is 123 Å². The van der Waals surface area contributed by atoms with Gasteiger partial charge in [-0.05, 0) is 18.2 Å². The van der Waals surface area contributed by atoms with Crippen molar-refractivity contribution in [3.63, 3.8) is 0 Å². The number of nitro groups is 1. The first-order valence-corrected chi connectivity index (χ1v) is 7.19. The van der Waals surface area contributed by atoms with E-state index in [1.54, 1.807) is 0 Å². The molecule has 0 aromatic heterocycles. The van der Waals surface area contributed by atoms with Gasteiger partial charge in [-0.3, -0.25) is 14.9 Å². The van der Waals surface area contributed by atoms with Crippen molar-refractivity contribution in [1.82, 2.24) is 5.32 Å². The predicted molar refractivity (Wildman–Crippen MR) is 77.3 cm³/mol. The van der Waals surface area contributed by atoms with Crippen LogP contribution in [0.3, 0.4) is 0 Å². The number of hydrogen-bond acceptors (Lipinski definition) is 6. The lowest BCUT2D eigenvalue weighted by molar-refractivity contribution is -0.383. The third kappa shape index (κ3) is 2.77. The minimum absolute atomic E-state index is 0.0956. The van der Waals surface area contributed by atoms with E-state index in [4.69, 9.17) is 5.73 Å². The molecule has 1 heterocycles. The van der Waals surface area contributed by atoms with Crippen LogP contribution in [0.4, 0.5) is 11.4 Å². The second kappa shape index (κ2) is 5.60. The van der Waals surface area contributed by atoms with Gasteiger partial charge in [0.2, 0.25) is 0 Å². The summed E-state index contributed by atoms with van der Waals surface area (Å²) in [6, 6.07) is 3.85. The van der Waals surface area contributed by atoms with Crippen LogP contribution in [-0.4, -0.2) is 39.0 Å². The zero-order valence-corrected chi connectivity index (χ0v) is 11.7. The number of carbonyl (C=O) groups excluding carboxylic acids is 1. The van der Waals surface area contributed by atoms with Gasteiger partial charge in [0.25, 0.3) is 11.6 Å². The molecule has 1 atom stereocenters. The van der Waals surface area contributed by atoms with E-state index >= 15 is 0 Å². The number of nitrogens with zero attached hydrogens (tertiary/aromatic N) is 1. The van der Waals surface area contributed by atoms with Crippen LogP contribution >= 0.6 is 11.8 Å². The third-order valence-corrected chi connectivity index (χ3v) is 4.50. The van der Waals surface area contributed by atoms with Crippen molar-refractivity contribution in [3.8, 4) is 0 Å². The summed E-state index contributed by atoms with van der Waals surface area (Å²) >= 11 is 1.42. The van der Waals surface area contributed by atoms with Crippen LogP contribution in [0.1, 0.15) is 16.8 Å². The third-order valence-electron chi connectivity index (χ3n) is 3.31. The number of nitrogens with two attached hydrogens (primary N) is 1. The molecule has 1 amide bonds. The number of carboxylic acid groups (broad SMARTS) is 1. The van der Waals surface area contributed by atoms with Gasteiger partial charge < -0.3 is 16.2 Å². The Hall–Kier alpha value is -2.29. The smallest absolute Gasteiger partial charge is 0.330 e. The Bertz CT molecular complexity index is 613. The number of rotatable bonds is 4. The molecule has 1 aliphatic rings. The molecule has 1 aromatic rings. The van der Waals surface area contributed by atoms with Gasteiger partial charge >= 0.3 is 5.97 Å². The van der Waals surface area contributed by atoms with E-state index < -0.39 is 22.3 Å². The lowest BCUT2D eigenvalue weighted by Gasteiger charge is -2.24. The normalized spacial score (nSPS) is 21.0. The Morgan fingerprint density at radius 2 is 2.19 bits per heavy atom. The van der Waals surface area contributed by atoms with Gasteiger partial charge in [-0.1, -0.05) is 6.07 Å². The lowest BCUT2D eigenvalue weighted by Crippen LogP contribution is -2.54. The Morgan fingerprint density at radius 3 is 2.71 bits per heavy atom. The highest BCUT2D eigenvalue weighted by atomic mass is 32.2. The van der Waals surface area contributed by atoms with E-state index in [2.05, 4.69) is 5.32 Å². The van der Waals surface area contributed by atoms with E-state index in [1.807, 2.05) is 0 Å². The first-order valence-electron chi connectivity index (χ1n) is 6.04. The largest absolute Gasteiger partial charge is 0.479 e. The van der Waals surface area contributed by atoms with Gasteiger partial charge in [-0.2, -0.15) is 11.8 Å². The SMILES string of the molecule is Nc1c(C(=O)NC2(C(=O)O)CCSC2)cccc1[N+](=O)[O-]. The highest BCUT2D eigenvalue weighted by Gasteiger charge is 2.43. The van der Waals surface area contributed by atoms with Crippen molar-refractivity contribution in [2.75, 3.05) is 17.2 Å². The molecule has 9 heteroatoms. The maximum atomic E-state index is 12.2. The topological polar surface area (TPSA) is 136 Å². The number of amides is 1. The summed E-state index contributed by atoms with van der Waals surface area (Å²) in [6.07, 6.45) is 0.299. The fraction of sp³-hybridized carbons (Fsp3) is 0.333. The van der Waals surface area contributed by atoms with Crippen LogP contribution in [-0.2, 0) is 4.79 Å². The maximum absolute atomic E-state index is 12.2. The number of nitrogens with one attached hydrogen (secondary N) is 1. The Kier molecular flexibility index (Phi) is 4.03. The minimum atomic E-state index is -1.35. The van der Waals surface area contributed by atoms with Crippen LogP contribution < -0.4 is 11.1 Å². The molecule has 0 spiro atoms. The number of nitrogen functional groups attached to an aromatic ring is 1. The summed E-state index contributed by atoms with van der Waals surface area (Å²) in [4.78, 5) is 33.7. The zero-order chi connectivity index (χ0) is 15.6. The number of carbonyl (C=O) groups is 2. The maximum Gasteiger partial charge on any atom is 0.330 e. The lowest BCUT2D eigenvalue weighted by atomic mass is 9.98. The van der Waals surface area contributed by atoms with Gasteiger partial charge in [-0.25, -0.2) is 4.79 Å². The predicted octanol–water partition coefficient (Wildman–Crippen LogP) is 0.867. The van der Waals surface area contributed by atoms with Crippen LogP contribution in [0.15, 0.2) is 18.2 Å². The number of nitro benzene ring substituents is 1. The van der Waals surface area contributed by atoms with Crippen LogP contribution in [0.2, 0.25) is 0 Å². The number of benzene rings is 1. The second-order valence-electron chi connectivity index (χ2n) is 4.64. The van der Waals surface area contributed by atoms with Crippen molar-refractivity contribution < 1.29 is 19.6 Å². The highest BCUT2D eigenvalue weighted by molar-refractivity contribution is 7.99. The molecule has 4 N–H and O–H groups in total. The number of anilines is 1. The molecule has 112 valence electrons. The average Bonchev–Trinajstić information content (AvgIpc) is 2.88. The number of para-hydroxylation sites is 1. The summed E-state index contributed by atoms with van der Waals surface area (Å²) in [6.45, 7) is 0. The average molecular weight is 311 g/mol. The van der Waals surface area contributed by atoms with Crippen molar-refractivity contribution in [2.24, 2.45) is 0 Å². The van der Waals surface area contributed by atoms with Crippen molar-refractivity contribution in [3.05, 3.63) is 33.9 Å². The van der Waals surface area contributed by atoms with Gasteiger partial charge in [0.1, 0.15) is 11.2 Å². The molecule has 1 aromatic carbocycles. The molecule has 0 radical (unpaired) electrons. The van der Waals surface area contributed by atoms with E-state index in [9.17, 15) is 24.8 Å². The van der Waals surface area contributed by atoms with E-state index in [0.29, 0.717) is 12.2 Å². The standard InChI is InChI=1S/C12H13N3O5S/c13-9-7(2-1-3-8(9)15(19)20)10(16)14-12(11(17)18)4-5-21-6-12/h1-3H,4-6,13H2,(H,14,16)(H,17,18). The second-order valence-corrected chi connectivity index (χ2v) is 5.74. The van der Waals surface area contributed by atoms with Crippen molar-refractivity contribution >= 4 is 35.0 Å². The highest BCUT2D eigenvalue weighted by Crippen LogP contribution is 2.30. The number of aliphatic carboxylic acids is 1. The van der Waals surface area contributed by atoms with Crippen LogP contribution in [0.25, 0.3) is 0 Å². The molecule has 0 aliphatic carbocycles. The summed E-state index contributed by atoms with van der Waals surface area (Å²) in [5.41, 5.74) is 3.53. The zero-order valence-electron chi connectivity index (χ0n) is 10.9. The van der Waals surface area contributed by atoms with Gasteiger partial charge in [0.05, 0.1) is 10.5 Å². The molecule has 1 saturated heterocycles. The number of thioether (sulfide) groups is 1. The van der Waals surface area contributed by atoms with Crippen LogP contribution in [0, 0.1) is 10.1 Å². The molecule has 1 aliphatic heterocycles. The first kappa shape index (κ1) is 15.1. The van der Waals surface area contributed by atoms with Crippen molar-refractivity contribution in [2.45, 2.75) is 12.0 Å². The Balaban J connectivity index is 2.31. The summed E-state index contributed by atoms with van der Waals surface area (Å²) in [5, 5.41) is 22.6. The minimum Gasteiger partial charge on any atom is -0.479 e. The monoisotopic (exact) mass is 311 g/mol. The molecule has 0 bridgehead atoms. The molecule has 2 rings (SSSR count). The van der Waals surface area contributed by atoms with Gasteiger partial charge in [0, 0.05) is 11.8 Å². The van der Waals surface area contributed by atoms with Gasteiger partial charge in [-0.15, -0.1) is 0 Å². The summed E-state index contributed by atoms with van der Waals surface area (Å²) in [5.74, 6) is -0.967. The number of carboxylic acids is 1. The summed E-state index contributed by atoms with van der Waals surface area (Å²) in [7, 11) is 0. The Morgan fingerprint density at radius 1 is 1.48 bits per heavy atom. The molecule has 8 nitrogen and oxygen atoms in total. The first-order chi connectivity index (χ1) is 9.87.